The van der Waals surface area contributed by atoms with E-state index in [-0.39, 0.29) is 6.10 Å². The molecule has 1 N–H and O–H groups in total. The molecule has 0 aliphatic rings. The molecule has 2 nitrogen and oxygen atoms in total. The van der Waals surface area contributed by atoms with Gasteiger partial charge in [0.25, 0.3) is 0 Å². The molecule has 16 heavy (non-hydrogen) atoms. The van der Waals surface area contributed by atoms with Crippen molar-refractivity contribution in [3.8, 4) is 0 Å². The van der Waals surface area contributed by atoms with Gasteiger partial charge in [0.15, 0.2) is 0 Å². The number of aliphatic hydroxyl groups is 1. The van der Waals surface area contributed by atoms with E-state index in [1.807, 2.05) is 31.3 Å². The Balaban J connectivity index is 2.44. The molecule has 0 fully saturated rings. The Morgan fingerprint density at radius 1 is 1.19 bits per heavy atom. The summed E-state index contributed by atoms with van der Waals surface area (Å²) < 4.78 is 0. The van der Waals surface area contributed by atoms with Gasteiger partial charge >= 0.3 is 0 Å². The quantitative estimate of drug-likeness (QED) is 0.853. The molecule has 2 unspecified atom stereocenters. The Morgan fingerprint density at radius 2 is 2.00 bits per heavy atom. The molecule has 84 valence electrons. The fourth-order valence-corrected chi connectivity index (χ4v) is 2.20. The number of pyridine rings is 1. The van der Waals surface area contributed by atoms with Gasteiger partial charge < -0.3 is 5.11 Å². The van der Waals surface area contributed by atoms with Crippen LogP contribution in [0.4, 0.5) is 0 Å². The molecule has 2 rings (SSSR count). The van der Waals surface area contributed by atoms with Gasteiger partial charge in [-0.3, -0.25) is 4.98 Å². The minimum absolute atomic E-state index is 0.262. The minimum Gasteiger partial charge on any atom is -0.393 e. The number of nitrogens with zero attached hydrogens (tertiary/aromatic N) is 1. The molecule has 1 aromatic carbocycles. The summed E-state index contributed by atoms with van der Waals surface area (Å²) in [6, 6.07) is 10.2. The average Bonchev–Trinajstić information content (AvgIpc) is 2.27. The topological polar surface area (TPSA) is 33.1 Å². The molecule has 1 aromatic heterocycles. The van der Waals surface area contributed by atoms with Crippen molar-refractivity contribution in [3.63, 3.8) is 0 Å². The molecule has 0 saturated heterocycles. The van der Waals surface area contributed by atoms with Crippen LogP contribution in [0.15, 0.2) is 36.5 Å². The summed E-state index contributed by atoms with van der Waals surface area (Å²) in [5.41, 5.74) is 2.30. The average molecular weight is 215 g/mol. The van der Waals surface area contributed by atoms with E-state index in [9.17, 15) is 5.11 Å². The van der Waals surface area contributed by atoms with Crippen molar-refractivity contribution in [1.82, 2.24) is 4.98 Å². The second-order valence-corrected chi connectivity index (χ2v) is 4.40. The van der Waals surface area contributed by atoms with Gasteiger partial charge in [0.1, 0.15) is 0 Å². The lowest BCUT2D eigenvalue weighted by Crippen LogP contribution is -2.06. The lowest BCUT2D eigenvalue weighted by atomic mass is 9.92. The van der Waals surface area contributed by atoms with E-state index in [1.54, 1.807) is 0 Å². The van der Waals surface area contributed by atoms with E-state index in [2.05, 4.69) is 24.0 Å². The number of rotatable bonds is 3. The van der Waals surface area contributed by atoms with E-state index < -0.39 is 0 Å². The SMILES string of the molecule is CC(O)CC(C)c1cccc2ncccc12. The molecule has 0 aliphatic heterocycles. The zero-order valence-electron chi connectivity index (χ0n) is 9.72. The molecule has 2 aromatic rings. The first-order valence-electron chi connectivity index (χ1n) is 5.70. The second kappa shape index (κ2) is 4.62. The van der Waals surface area contributed by atoms with E-state index in [0.29, 0.717) is 5.92 Å². The molecule has 0 aliphatic carbocycles. The Morgan fingerprint density at radius 3 is 2.75 bits per heavy atom. The van der Waals surface area contributed by atoms with Gasteiger partial charge in [-0.05, 0) is 37.0 Å². The summed E-state index contributed by atoms with van der Waals surface area (Å²) in [7, 11) is 0. The third kappa shape index (κ3) is 2.22. The predicted molar refractivity (Wildman–Crippen MR) is 66.5 cm³/mol. The maximum absolute atomic E-state index is 9.44. The Kier molecular flexibility index (Phi) is 3.20. The number of fused-ring (bicyclic) bond motifs is 1. The molecule has 0 amide bonds. The fourth-order valence-electron chi connectivity index (χ4n) is 2.20. The van der Waals surface area contributed by atoms with Crippen LogP contribution in [0.3, 0.4) is 0 Å². The van der Waals surface area contributed by atoms with Crippen molar-refractivity contribution in [3.05, 3.63) is 42.1 Å². The van der Waals surface area contributed by atoms with Crippen LogP contribution in [-0.2, 0) is 0 Å². The van der Waals surface area contributed by atoms with Crippen molar-refractivity contribution in [2.24, 2.45) is 0 Å². The first-order valence-corrected chi connectivity index (χ1v) is 5.70. The molecular weight excluding hydrogens is 198 g/mol. The first kappa shape index (κ1) is 11.1. The highest BCUT2D eigenvalue weighted by Gasteiger charge is 2.11. The second-order valence-electron chi connectivity index (χ2n) is 4.40. The van der Waals surface area contributed by atoms with Gasteiger partial charge in [-0.25, -0.2) is 0 Å². The van der Waals surface area contributed by atoms with Crippen LogP contribution in [0, 0.1) is 0 Å². The summed E-state index contributed by atoms with van der Waals surface area (Å²) in [6.45, 7) is 3.98. The standard InChI is InChI=1S/C14H17NO/c1-10(9-11(2)16)12-5-3-7-14-13(12)6-4-8-15-14/h3-8,10-11,16H,9H2,1-2H3. The number of aromatic nitrogens is 1. The summed E-state index contributed by atoms with van der Waals surface area (Å²) in [4.78, 5) is 4.34. The highest BCUT2D eigenvalue weighted by Crippen LogP contribution is 2.27. The summed E-state index contributed by atoms with van der Waals surface area (Å²) in [5, 5.41) is 10.6. The predicted octanol–water partition coefficient (Wildman–Crippen LogP) is 3.11. The fraction of sp³-hybridized carbons (Fsp3) is 0.357. The van der Waals surface area contributed by atoms with Crippen molar-refractivity contribution in [1.29, 1.82) is 0 Å². The molecule has 1 heterocycles. The van der Waals surface area contributed by atoms with Crippen LogP contribution >= 0.6 is 0 Å². The zero-order valence-corrected chi connectivity index (χ0v) is 9.72. The van der Waals surface area contributed by atoms with Crippen LogP contribution < -0.4 is 0 Å². The van der Waals surface area contributed by atoms with Crippen LogP contribution in [0.1, 0.15) is 31.7 Å². The number of aliphatic hydroxyl groups excluding tert-OH is 1. The van der Waals surface area contributed by atoms with E-state index >= 15 is 0 Å². The van der Waals surface area contributed by atoms with E-state index in [4.69, 9.17) is 0 Å². The van der Waals surface area contributed by atoms with Gasteiger partial charge in [0.05, 0.1) is 11.6 Å². The Labute approximate surface area is 96.0 Å². The maximum Gasteiger partial charge on any atom is 0.0704 e. The molecule has 2 atom stereocenters. The van der Waals surface area contributed by atoms with Crippen LogP contribution in [0.2, 0.25) is 0 Å². The monoisotopic (exact) mass is 215 g/mol. The van der Waals surface area contributed by atoms with Gasteiger partial charge in [-0.15, -0.1) is 0 Å². The van der Waals surface area contributed by atoms with Crippen LogP contribution in [-0.4, -0.2) is 16.2 Å². The van der Waals surface area contributed by atoms with Crippen LogP contribution in [0.5, 0.6) is 0 Å². The first-order chi connectivity index (χ1) is 7.68. The maximum atomic E-state index is 9.44. The van der Waals surface area contributed by atoms with Crippen LogP contribution in [0.25, 0.3) is 10.9 Å². The normalized spacial score (nSPS) is 14.9. The van der Waals surface area contributed by atoms with Crippen molar-refractivity contribution < 1.29 is 5.11 Å². The highest BCUT2D eigenvalue weighted by atomic mass is 16.3. The largest absolute Gasteiger partial charge is 0.393 e. The summed E-state index contributed by atoms with van der Waals surface area (Å²) in [5.74, 6) is 0.355. The lowest BCUT2D eigenvalue weighted by molar-refractivity contribution is 0.177. The Bertz CT molecular complexity index is 474. The van der Waals surface area contributed by atoms with Gasteiger partial charge in [-0.2, -0.15) is 0 Å². The number of hydrogen-bond donors (Lipinski definition) is 1. The molecule has 0 saturated carbocycles. The molecule has 0 spiro atoms. The third-order valence-corrected chi connectivity index (χ3v) is 2.90. The Hall–Kier alpha value is -1.41. The van der Waals surface area contributed by atoms with E-state index in [0.717, 1.165) is 11.9 Å². The zero-order chi connectivity index (χ0) is 11.5. The molecule has 0 radical (unpaired) electrons. The highest BCUT2D eigenvalue weighted by molar-refractivity contribution is 5.82. The lowest BCUT2D eigenvalue weighted by Gasteiger charge is -2.15. The summed E-state index contributed by atoms with van der Waals surface area (Å²) in [6.07, 6.45) is 2.33. The number of hydrogen-bond acceptors (Lipinski definition) is 2. The van der Waals surface area contributed by atoms with Crippen molar-refractivity contribution in [2.45, 2.75) is 32.3 Å². The molecular formula is C14H17NO. The van der Waals surface area contributed by atoms with Crippen molar-refractivity contribution in [2.75, 3.05) is 0 Å². The summed E-state index contributed by atoms with van der Waals surface area (Å²) >= 11 is 0. The minimum atomic E-state index is -0.262. The van der Waals surface area contributed by atoms with Gasteiger partial charge in [-0.1, -0.05) is 25.1 Å². The molecule has 2 heteroatoms. The van der Waals surface area contributed by atoms with Gasteiger partial charge in [0.2, 0.25) is 0 Å². The van der Waals surface area contributed by atoms with E-state index in [1.165, 1.54) is 10.9 Å². The van der Waals surface area contributed by atoms with Gasteiger partial charge in [0, 0.05) is 11.6 Å². The third-order valence-electron chi connectivity index (χ3n) is 2.90. The molecule has 0 bridgehead atoms. The number of benzene rings is 1. The smallest absolute Gasteiger partial charge is 0.0704 e. The van der Waals surface area contributed by atoms with Crippen molar-refractivity contribution >= 4 is 10.9 Å².